The summed E-state index contributed by atoms with van der Waals surface area (Å²) in [5, 5.41) is 1.00. The molecule has 0 aliphatic carbocycles. The van der Waals surface area contributed by atoms with E-state index in [-0.39, 0.29) is 6.61 Å². The third-order valence-electron chi connectivity index (χ3n) is 3.44. The average Bonchev–Trinajstić information content (AvgIpc) is 2.92. The van der Waals surface area contributed by atoms with Crippen molar-refractivity contribution in [1.29, 1.82) is 0 Å². The average molecular weight is 334 g/mol. The number of ether oxygens (including phenoxy) is 3. The molecule has 1 aromatic heterocycles. The molecule has 0 aliphatic heterocycles. The Hall–Kier alpha value is -2.54. The molecule has 0 saturated heterocycles. The standard InChI is InChI=1S/C17H22N2O5/c1-4-22-17(21)24-12-23-16(20)19-11-13(9-10-18(2)3)14-7-5-6-8-15(14)19/h5-8,11H,4,9-10,12H2,1-3H3. The van der Waals surface area contributed by atoms with Gasteiger partial charge in [0.05, 0.1) is 12.1 Å². The van der Waals surface area contributed by atoms with Gasteiger partial charge in [-0.25, -0.2) is 9.59 Å². The molecule has 0 bridgehead atoms. The van der Waals surface area contributed by atoms with Crippen LogP contribution in [0.25, 0.3) is 10.9 Å². The lowest BCUT2D eigenvalue weighted by Gasteiger charge is -2.08. The largest absolute Gasteiger partial charge is 0.511 e. The van der Waals surface area contributed by atoms with E-state index in [0.29, 0.717) is 0 Å². The van der Waals surface area contributed by atoms with Gasteiger partial charge >= 0.3 is 12.2 Å². The molecule has 1 heterocycles. The van der Waals surface area contributed by atoms with Gasteiger partial charge in [-0.3, -0.25) is 4.57 Å². The Labute approximate surface area is 140 Å². The highest BCUT2D eigenvalue weighted by Gasteiger charge is 2.15. The summed E-state index contributed by atoms with van der Waals surface area (Å²) in [6.07, 6.45) is 1.11. The number of carbonyl (C=O) groups is 2. The summed E-state index contributed by atoms with van der Waals surface area (Å²) in [5.41, 5.74) is 1.81. The SMILES string of the molecule is CCOC(=O)OCOC(=O)n1cc(CCN(C)C)c2ccccc21. The highest BCUT2D eigenvalue weighted by Crippen LogP contribution is 2.22. The third kappa shape index (κ3) is 4.48. The van der Waals surface area contributed by atoms with Crippen molar-refractivity contribution in [2.45, 2.75) is 13.3 Å². The van der Waals surface area contributed by atoms with Gasteiger partial charge < -0.3 is 19.1 Å². The molecular formula is C17H22N2O5. The predicted octanol–water partition coefficient (Wildman–Crippen LogP) is 2.86. The molecule has 2 rings (SSSR count). The van der Waals surface area contributed by atoms with Gasteiger partial charge in [-0.1, -0.05) is 18.2 Å². The van der Waals surface area contributed by atoms with Crippen LogP contribution < -0.4 is 0 Å². The first-order valence-electron chi connectivity index (χ1n) is 7.73. The van der Waals surface area contributed by atoms with Crippen molar-refractivity contribution in [2.75, 3.05) is 34.0 Å². The molecule has 0 atom stereocenters. The summed E-state index contributed by atoms with van der Waals surface area (Å²) in [6.45, 7) is 2.24. The van der Waals surface area contributed by atoms with Crippen LogP contribution in [-0.4, -0.2) is 55.8 Å². The van der Waals surface area contributed by atoms with Crippen molar-refractivity contribution in [3.8, 4) is 0 Å². The number of benzene rings is 1. The van der Waals surface area contributed by atoms with E-state index >= 15 is 0 Å². The van der Waals surface area contributed by atoms with Gasteiger partial charge in [0.25, 0.3) is 0 Å². The molecule has 0 unspecified atom stereocenters. The molecule has 0 N–H and O–H groups in total. The maximum Gasteiger partial charge on any atom is 0.511 e. The molecule has 0 amide bonds. The molecule has 24 heavy (non-hydrogen) atoms. The van der Waals surface area contributed by atoms with E-state index in [9.17, 15) is 9.59 Å². The second kappa shape index (κ2) is 8.35. The van der Waals surface area contributed by atoms with Crippen molar-refractivity contribution >= 4 is 23.2 Å². The Morgan fingerprint density at radius 3 is 2.58 bits per heavy atom. The molecular weight excluding hydrogens is 312 g/mol. The zero-order valence-corrected chi connectivity index (χ0v) is 14.2. The molecule has 0 aliphatic rings. The van der Waals surface area contributed by atoms with E-state index in [1.165, 1.54) is 4.57 Å². The number of hydrogen-bond donors (Lipinski definition) is 0. The van der Waals surface area contributed by atoms with Crippen LogP contribution in [0.5, 0.6) is 0 Å². The van der Waals surface area contributed by atoms with Gasteiger partial charge in [0, 0.05) is 18.1 Å². The van der Waals surface area contributed by atoms with Gasteiger partial charge in [-0.2, -0.15) is 0 Å². The first-order chi connectivity index (χ1) is 11.5. The fourth-order valence-corrected chi connectivity index (χ4v) is 2.30. The van der Waals surface area contributed by atoms with E-state index < -0.39 is 19.0 Å². The van der Waals surface area contributed by atoms with E-state index in [2.05, 4.69) is 14.4 Å². The Morgan fingerprint density at radius 2 is 1.88 bits per heavy atom. The lowest BCUT2D eigenvalue weighted by molar-refractivity contribution is -0.0124. The highest BCUT2D eigenvalue weighted by atomic mass is 16.8. The number of likely N-dealkylation sites (N-methyl/N-ethyl adjacent to an activating group) is 1. The Kier molecular flexibility index (Phi) is 6.20. The second-order valence-electron chi connectivity index (χ2n) is 5.45. The number of hydrogen-bond acceptors (Lipinski definition) is 6. The fraction of sp³-hybridized carbons (Fsp3) is 0.412. The van der Waals surface area contributed by atoms with Crippen LogP contribution in [0.3, 0.4) is 0 Å². The van der Waals surface area contributed by atoms with Crippen LogP contribution in [0, 0.1) is 0 Å². The molecule has 7 heteroatoms. The Balaban J connectivity index is 2.10. The first-order valence-corrected chi connectivity index (χ1v) is 7.73. The third-order valence-corrected chi connectivity index (χ3v) is 3.44. The molecule has 0 fully saturated rings. The molecule has 0 radical (unpaired) electrons. The van der Waals surface area contributed by atoms with Crippen LogP contribution in [0.15, 0.2) is 30.5 Å². The maximum atomic E-state index is 12.2. The lowest BCUT2D eigenvalue weighted by Crippen LogP contribution is -2.17. The Morgan fingerprint density at radius 1 is 1.12 bits per heavy atom. The summed E-state index contributed by atoms with van der Waals surface area (Å²) >= 11 is 0. The number of para-hydroxylation sites is 1. The summed E-state index contributed by atoms with van der Waals surface area (Å²) in [5.74, 6) is 0. The second-order valence-corrected chi connectivity index (χ2v) is 5.45. The minimum absolute atomic E-state index is 0.199. The van der Waals surface area contributed by atoms with Gasteiger partial charge in [0.2, 0.25) is 6.79 Å². The van der Waals surface area contributed by atoms with Crippen LogP contribution in [0.1, 0.15) is 12.5 Å². The molecule has 0 saturated carbocycles. The molecule has 7 nitrogen and oxygen atoms in total. The number of carbonyl (C=O) groups excluding carboxylic acids is 2. The van der Waals surface area contributed by atoms with E-state index in [1.807, 2.05) is 38.4 Å². The summed E-state index contributed by atoms with van der Waals surface area (Å²) < 4.78 is 15.7. The predicted molar refractivity (Wildman–Crippen MR) is 89.0 cm³/mol. The van der Waals surface area contributed by atoms with Gasteiger partial charge in [-0.05, 0) is 39.1 Å². The van der Waals surface area contributed by atoms with Crippen LogP contribution in [-0.2, 0) is 20.6 Å². The Bertz CT molecular complexity index is 708. The molecule has 0 spiro atoms. The van der Waals surface area contributed by atoms with E-state index in [0.717, 1.165) is 29.4 Å². The fourth-order valence-electron chi connectivity index (χ4n) is 2.30. The van der Waals surface area contributed by atoms with Crippen molar-refractivity contribution in [3.05, 3.63) is 36.0 Å². The molecule has 2 aromatic rings. The van der Waals surface area contributed by atoms with Crippen molar-refractivity contribution in [2.24, 2.45) is 0 Å². The number of aromatic nitrogens is 1. The molecule has 1 aromatic carbocycles. The van der Waals surface area contributed by atoms with Crippen molar-refractivity contribution < 1.29 is 23.8 Å². The minimum atomic E-state index is -0.866. The molecule has 130 valence electrons. The quantitative estimate of drug-likeness (QED) is 0.598. The highest BCUT2D eigenvalue weighted by molar-refractivity contribution is 5.92. The summed E-state index contributed by atoms with van der Waals surface area (Å²) in [6, 6.07) is 7.61. The van der Waals surface area contributed by atoms with Crippen LogP contribution in [0.2, 0.25) is 0 Å². The number of nitrogens with zero attached hydrogens (tertiary/aromatic N) is 2. The zero-order chi connectivity index (χ0) is 17.5. The smallest absolute Gasteiger partial charge is 0.435 e. The van der Waals surface area contributed by atoms with Gasteiger partial charge in [0.1, 0.15) is 0 Å². The normalized spacial score (nSPS) is 10.8. The number of fused-ring (bicyclic) bond motifs is 1. The van der Waals surface area contributed by atoms with Gasteiger partial charge in [-0.15, -0.1) is 0 Å². The van der Waals surface area contributed by atoms with Gasteiger partial charge in [0.15, 0.2) is 0 Å². The maximum absolute atomic E-state index is 12.2. The summed E-state index contributed by atoms with van der Waals surface area (Å²) in [4.78, 5) is 25.4. The first kappa shape index (κ1) is 17.8. The zero-order valence-electron chi connectivity index (χ0n) is 14.2. The minimum Gasteiger partial charge on any atom is -0.435 e. The number of rotatable bonds is 6. The van der Waals surface area contributed by atoms with Crippen molar-refractivity contribution in [1.82, 2.24) is 9.47 Å². The van der Waals surface area contributed by atoms with Crippen LogP contribution >= 0.6 is 0 Å². The summed E-state index contributed by atoms with van der Waals surface area (Å²) in [7, 11) is 4.00. The topological polar surface area (TPSA) is 70.0 Å². The monoisotopic (exact) mass is 334 g/mol. The van der Waals surface area contributed by atoms with Crippen LogP contribution in [0.4, 0.5) is 9.59 Å². The van der Waals surface area contributed by atoms with Crippen molar-refractivity contribution in [3.63, 3.8) is 0 Å². The lowest BCUT2D eigenvalue weighted by atomic mass is 10.1. The van der Waals surface area contributed by atoms with E-state index in [4.69, 9.17) is 4.74 Å². The van der Waals surface area contributed by atoms with E-state index in [1.54, 1.807) is 13.1 Å².